The first-order valence-electron chi connectivity index (χ1n) is 3.29. The molecule has 2 heterocycles. The molecule has 0 bridgehead atoms. The normalized spacial score (nSPS) is 10.3. The van der Waals surface area contributed by atoms with Gasteiger partial charge in [-0.25, -0.2) is 0 Å². The average molecular weight is 178 g/mol. The lowest BCUT2D eigenvalue weighted by atomic mass is 10.3. The summed E-state index contributed by atoms with van der Waals surface area (Å²) in [6, 6.07) is 3.61. The quantitative estimate of drug-likeness (QED) is 0.603. The van der Waals surface area contributed by atoms with Crippen molar-refractivity contribution >= 4 is 23.2 Å². The Kier molecular flexibility index (Phi) is 1.75. The Bertz CT molecular complexity index is 409. The maximum atomic E-state index is 4.59. The summed E-state index contributed by atoms with van der Waals surface area (Å²) < 4.78 is 1.36. The van der Waals surface area contributed by atoms with Crippen molar-refractivity contribution in [2.24, 2.45) is 0 Å². The molecular formula is C6H4N5S. The van der Waals surface area contributed by atoms with Gasteiger partial charge >= 0.3 is 0 Å². The zero-order chi connectivity index (χ0) is 8.39. The van der Waals surface area contributed by atoms with Crippen molar-refractivity contribution in [1.82, 2.24) is 25.3 Å². The van der Waals surface area contributed by atoms with E-state index < -0.39 is 0 Å². The predicted molar refractivity (Wildman–Crippen MR) is 44.9 cm³/mol. The van der Waals surface area contributed by atoms with Gasteiger partial charge in [-0.05, 0) is 22.6 Å². The van der Waals surface area contributed by atoms with Gasteiger partial charge in [0.2, 0.25) is 0 Å². The van der Waals surface area contributed by atoms with Gasteiger partial charge in [-0.2, -0.15) is 5.10 Å². The second kappa shape index (κ2) is 2.90. The fourth-order valence-corrected chi connectivity index (χ4v) is 1.00. The summed E-state index contributed by atoms with van der Waals surface area (Å²) in [5.41, 5.74) is 1.44. The second-order valence-corrected chi connectivity index (χ2v) is 2.46. The summed E-state index contributed by atoms with van der Waals surface area (Å²) in [6.45, 7) is 0. The van der Waals surface area contributed by atoms with Crippen LogP contribution in [0.3, 0.4) is 0 Å². The predicted octanol–water partition coefficient (Wildman–Crippen LogP) is -0.0615. The lowest BCUT2D eigenvalue weighted by molar-refractivity contribution is 0.719. The molecule has 0 spiro atoms. The zero-order valence-electron chi connectivity index (χ0n) is 6.01. The molecule has 0 N–H and O–H groups in total. The Morgan fingerprint density at radius 3 is 3.25 bits per heavy atom. The van der Waals surface area contributed by atoms with Crippen LogP contribution in [0.5, 0.6) is 0 Å². The largest absolute Gasteiger partial charge is 0.199 e. The first kappa shape index (κ1) is 7.23. The minimum Gasteiger partial charge on any atom is -0.152 e. The van der Waals surface area contributed by atoms with Crippen molar-refractivity contribution in [2.75, 3.05) is 0 Å². The molecule has 0 saturated carbocycles. The fourth-order valence-electron chi connectivity index (χ4n) is 0.855. The Hall–Kier alpha value is -1.43. The Balaban J connectivity index is 2.52. The number of fused-ring (bicyclic) bond motifs is 1. The van der Waals surface area contributed by atoms with E-state index in [4.69, 9.17) is 0 Å². The third kappa shape index (κ3) is 1.16. The molecule has 59 valence electrons. The van der Waals surface area contributed by atoms with Crippen LogP contribution in [0.4, 0.5) is 0 Å². The minimum atomic E-state index is 0.533. The summed E-state index contributed by atoms with van der Waals surface area (Å²) in [4.78, 5) is 0. The molecule has 2 aromatic heterocycles. The highest BCUT2D eigenvalue weighted by Gasteiger charge is 1.98. The van der Waals surface area contributed by atoms with E-state index in [9.17, 15) is 0 Å². The molecule has 2 rings (SSSR count). The molecule has 5 nitrogen and oxygen atoms in total. The Morgan fingerprint density at radius 1 is 1.50 bits per heavy atom. The van der Waals surface area contributed by atoms with Gasteiger partial charge in [0.05, 0.1) is 5.69 Å². The smallest absolute Gasteiger partial charge is 0.152 e. The number of rotatable bonds is 2. The van der Waals surface area contributed by atoms with Crippen molar-refractivity contribution < 1.29 is 0 Å². The van der Waals surface area contributed by atoms with E-state index in [1.165, 1.54) is 4.63 Å². The lowest BCUT2D eigenvalue weighted by Gasteiger charge is -1.92. The molecule has 12 heavy (non-hydrogen) atoms. The van der Waals surface area contributed by atoms with Gasteiger partial charge in [-0.3, -0.25) is 0 Å². The van der Waals surface area contributed by atoms with Gasteiger partial charge in [0.25, 0.3) is 0 Å². The number of hydrogen-bond donors (Lipinski definition) is 0. The summed E-state index contributed by atoms with van der Waals surface area (Å²) in [5.74, 6) is 0. The molecule has 0 amide bonds. The summed E-state index contributed by atoms with van der Waals surface area (Å²) in [7, 11) is 0. The maximum absolute atomic E-state index is 4.59. The number of tetrazole rings is 1. The molecule has 0 aromatic carbocycles. The first-order chi connectivity index (χ1) is 5.90. The highest BCUT2D eigenvalue weighted by Crippen LogP contribution is 1.97. The van der Waals surface area contributed by atoms with Crippen molar-refractivity contribution in [3.05, 3.63) is 17.8 Å². The molecule has 0 fully saturated rings. The molecule has 0 aliphatic rings. The van der Waals surface area contributed by atoms with Crippen LogP contribution in [0.25, 0.3) is 5.65 Å². The second-order valence-electron chi connectivity index (χ2n) is 2.17. The summed E-state index contributed by atoms with van der Waals surface area (Å²) >= 11 is 4.59. The van der Waals surface area contributed by atoms with Crippen LogP contribution in [-0.2, 0) is 6.42 Å². The number of aromatic nitrogens is 5. The van der Waals surface area contributed by atoms with E-state index in [1.54, 1.807) is 6.07 Å². The van der Waals surface area contributed by atoms with E-state index in [2.05, 4.69) is 38.2 Å². The van der Waals surface area contributed by atoms with Crippen molar-refractivity contribution in [3.63, 3.8) is 0 Å². The van der Waals surface area contributed by atoms with E-state index in [0.717, 1.165) is 5.69 Å². The zero-order valence-corrected chi connectivity index (χ0v) is 6.82. The molecule has 1 radical (unpaired) electrons. The van der Waals surface area contributed by atoms with Crippen LogP contribution in [0.2, 0.25) is 0 Å². The van der Waals surface area contributed by atoms with Crippen LogP contribution in [-0.4, -0.2) is 30.6 Å². The van der Waals surface area contributed by atoms with Crippen molar-refractivity contribution in [3.8, 4) is 0 Å². The standard InChI is InChI=1S/C6H4N5S/c12-4-3-5-1-2-6-7-9-10-11(6)8-5/h1-2H,3H2. The third-order valence-electron chi connectivity index (χ3n) is 1.38. The maximum Gasteiger partial charge on any atom is 0.199 e. The minimum absolute atomic E-state index is 0.533. The van der Waals surface area contributed by atoms with Gasteiger partial charge in [-0.1, -0.05) is 12.2 Å². The monoisotopic (exact) mass is 178 g/mol. The average Bonchev–Trinajstić information content (AvgIpc) is 2.51. The SMILES string of the molecule is S=[C]Cc1ccc2nnnn2n1. The summed E-state index contributed by atoms with van der Waals surface area (Å²) in [5, 5.41) is 17.5. The van der Waals surface area contributed by atoms with Crippen molar-refractivity contribution in [1.29, 1.82) is 0 Å². The molecule has 0 atom stereocenters. The van der Waals surface area contributed by atoms with Crippen molar-refractivity contribution in [2.45, 2.75) is 6.42 Å². The lowest BCUT2D eigenvalue weighted by Crippen LogP contribution is -1.99. The van der Waals surface area contributed by atoms with Crippen LogP contribution in [0, 0.1) is 0 Å². The molecule has 0 unspecified atom stereocenters. The van der Waals surface area contributed by atoms with E-state index in [0.29, 0.717) is 12.1 Å². The van der Waals surface area contributed by atoms with Crippen LogP contribution in [0.15, 0.2) is 12.1 Å². The number of thiocarbonyl (C=S) groups is 1. The molecule has 0 saturated heterocycles. The van der Waals surface area contributed by atoms with E-state index in [-0.39, 0.29) is 0 Å². The van der Waals surface area contributed by atoms with Gasteiger partial charge in [-0.15, -0.1) is 9.73 Å². The van der Waals surface area contributed by atoms with E-state index >= 15 is 0 Å². The van der Waals surface area contributed by atoms with Gasteiger partial charge in [0.15, 0.2) is 5.65 Å². The molecule has 0 aliphatic carbocycles. The van der Waals surface area contributed by atoms with Gasteiger partial charge in [0, 0.05) is 11.8 Å². The highest BCUT2D eigenvalue weighted by molar-refractivity contribution is 7.78. The molecule has 0 aliphatic heterocycles. The topological polar surface area (TPSA) is 56.0 Å². The number of nitrogens with zero attached hydrogens (tertiary/aromatic N) is 5. The Morgan fingerprint density at radius 2 is 2.42 bits per heavy atom. The third-order valence-corrected chi connectivity index (χ3v) is 1.52. The van der Waals surface area contributed by atoms with Gasteiger partial charge in [0.1, 0.15) is 0 Å². The fraction of sp³-hybridized carbons (Fsp3) is 0.167. The molecular weight excluding hydrogens is 174 g/mol. The van der Waals surface area contributed by atoms with Crippen LogP contribution >= 0.6 is 12.2 Å². The summed E-state index contributed by atoms with van der Waals surface area (Å²) in [6.07, 6.45) is 0.533. The Labute approximate surface area is 73.4 Å². The van der Waals surface area contributed by atoms with Gasteiger partial charge < -0.3 is 0 Å². The first-order valence-corrected chi connectivity index (χ1v) is 3.70. The molecule has 2 aromatic rings. The van der Waals surface area contributed by atoms with Crippen LogP contribution in [0.1, 0.15) is 5.69 Å². The van der Waals surface area contributed by atoms with E-state index in [1.807, 2.05) is 6.07 Å². The molecule has 6 heteroatoms. The number of hydrogen-bond acceptors (Lipinski definition) is 5. The highest BCUT2D eigenvalue weighted by atomic mass is 32.1. The van der Waals surface area contributed by atoms with Crippen LogP contribution < -0.4 is 0 Å².